The van der Waals surface area contributed by atoms with E-state index >= 15 is 0 Å². The summed E-state index contributed by atoms with van der Waals surface area (Å²) in [4.78, 5) is 5.36. The van der Waals surface area contributed by atoms with Crippen LogP contribution < -0.4 is 0 Å². The first-order chi connectivity index (χ1) is 22.7. The maximum atomic E-state index is 7.05. The summed E-state index contributed by atoms with van der Waals surface area (Å²) in [6, 6.07) is 17.4. The molecular formula is C37H49N7O2. The zero-order valence-corrected chi connectivity index (χ0v) is 27.4. The van der Waals surface area contributed by atoms with Crippen LogP contribution in [0.3, 0.4) is 0 Å². The number of H-pyrrole nitrogens is 1. The summed E-state index contributed by atoms with van der Waals surface area (Å²) in [5.41, 5.74) is 4.40. The van der Waals surface area contributed by atoms with Gasteiger partial charge in [0.2, 0.25) is 11.6 Å². The lowest BCUT2D eigenvalue weighted by molar-refractivity contribution is -0.300. The number of hydrogen-bond acceptors (Lipinski definition) is 7. The van der Waals surface area contributed by atoms with Crippen molar-refractivity contribution in [3.05, 3.63) is 65.7 Å². The van der Waals surface area contributed by atoms with E-state index in [1.807, 2.05) is 12.1 Å². The SMILES string of the molecule is CCC(OC1CCCCC1)(OC1CCCCC1)c1nc(Cc2ccc(-c3ccccc3-c3nnn[nH]3)cc2)n(C2CCCCC2)n1. The molecule has 0 unspecified atom stereocenters. The van der Waals surface area contributed by atoms with Crippen LogP contribution >= 0.6 is 0 Å². The Morgan fingerprint density at radius 3 is 1.96 bits per heavy atom. The predicted octanol–water partition coefficient (Wildman–Crippen LogP) is 8.48. The first-order valence-electron chi connectivity index (χ1n) is 17.9. The van der Waals surface area contributed by atoms with Crippen molar-refractivity contribution in [3.63, 3.8) is 0 Å². The van der Waals surface area contributed by atoms with Gasteiger partial charge in [-0.25, -0.2) is 14.8 Å². The Kier molecular flexibility index (Phi) is 9.86. The van der Waals surface area contributed by atoms with Crippen LogP contribution in [0.5, 0.6) is 0 Å². The maximum absolute atomic E-state index is 7.05. The minimum Gasteiger partial charge on any atom is -0.340 e. The van der Waals surface area contributed by atoms with E-state index in [9.17, 15) is 0 Å². The molecule has 0 bridgehead atoms. The smallest absolute Gasteiger partial charge is 0.232 e. The van der Waals surface area contributed by atoms with E-state index in [2.05, 4.69) is 68.6 Å². The lowest BCUT2D eigenvalue weighted by Gasteiger charge is -2.39. The van der Waals surface area contributed by atoms with Crippen molar-refractivity contribution in [2.75, 3.05) is 0 Å². The molecule has 2 heterocycles. The molecule has 1 N–H and O–H groups in total. The number of tetrazole rings is 1. The van der Waals surface area contributed by atoms with Gasteiger partial charge in [-0.15, -0.1) is 10.2 Å². The summed E-state index contributed by atoms with van der Waals surface area (Å²) >= 11 is 0. The molecule has 0 aliphatic heterocycles. The number of aromatic amines is 1. The highest BCUT2D eigenvalue weighted by molar-refractivity contribution is 5.80. The van der Waals surface area contributed by atoms with Crippen LogP contribution in [0.4, 0.5) is 0 Å². The number of nitrogens with zero attached hydrogens (tertiary/aromatic N) is 6. The van der Waals surface area contributed by atoms with Crippen molar-refractivity contribution < 1.29 is 9.47 Å². The zero-order chi connectivity index (χ0) is 31.2. The van der Waals surface area contributed by atoms with Gasteiger partial charge in [-0.1, -0.05) is 113 Å². The van der Waals surface area contributed by atoms with Crippen molar-refractivity contribution >= 4 is 0 Å². The topological polar surface area (TPSA) is 104 Å². The second kappa shape index (κ2) is 14.6. The van der Waals surface area contributed by atoms with Crippen molar-refractivity contribution in [1.82, 2.24) is 35.4 Å². The third-order valence-corrected chi connectivity index (χ3v) is 10.4. The molecule has 2 aromatic carbocycles. The summed E-state index contributed by atoms with van der Waals surface area (Å²) in [7, 11) is 0. The number of nitrogens with one attached hydrogen (secondary N) is 1. The van der Waals surface area contributed by atoms with Crippen LogP contribution in [0.25, 0.3) is 22.5 Å². The number of ether oxygens (including phenoxy) is 2. The molecule has 3 aliphatic rings. The van der Waals surface area contributed by atoms with Crippen LogP contribution in [-0.4, -0.2) is 47.6 Å². The molecule has 7 rings (SSSR count). The summed E-state index contributed by atoms with van der Waals surface area (Å²) in [6.07, 6.45) is 19.7. The van der Waals surface area contributed by atoms with Gasteiger partial charge in [0.15, 0.2) is 5.82 Å². The van der Waals surface area contributed by atoms with Gasteiger partial charge < -0.3 is 9.47 Å². The first kappa shape index (κ1) is 31.2. The zero-order valence-electron chi connectivity index (χ0n) is 27.4. The highest BCUT2D eigenvalue weighted by Crippen LogP contribution is 2.39. The molecule has 4 aromatic rings. The Balaban J connectivity index is 1.20. The summed E-state index contributed by atoms with van der Waals surface area (Å²) < 4.78 is 16.4. The van der Waals surface area contributed by atoms with E-state index in [0.717, 1.165) is 66.9 Å². The van der Waals surface area contributed by atoms with E-state index < -0.39 is 5.79 Å². The molecule has 244 valence electrons. The van der Waals surface area contributed by atoms with Crippen molar-refractivity contribution in [1.29, 1.82) is 0 Å². The van der Waals surface area contributed by atoms with Crippen LogP contribution in [0.1, 0.15) is 133 Å². The van der Waals surface area contributed by atoms with Gasteiger partial charge in [0, 0.05) is 18.4 Å². The number of benzene rings is 2. The van der Waals surface area contributed by atoms with Gasteiger partial charge in [-0.2, -0.15) is 0 Å². The quantitative estimate of drug-likeness (QED) is 0.167. The van der Waals surface area contributed by atoms with Gasteiger partial charge in [-0.05, 0) is 65.6 Å². The lowest BCUT2D eigenvalue weighted by atomic mass is 9.95. The Hall–Kier alpha value is -3.43. The highest BCUT2D eigenvalue weighted by atomic mass is 16.7. The van der Waals surface area contributed by atoms with Crippen LogP contribution in [0.15, 0.2) is 48.5 Å². The second-order valence-electron chi connectivity index (χ2n) is 13.6. The van der Waals surface area contributed by atoms with E-state index in [0.29, 0.717) is 24.7 Å². The fraction of sp³-hybridized carbons (Fsp3) is 0.595. The highest BCUT2D eigenvalue weighted by Gasteiger charge is 2.43. The minimum atomic E-state index is -0.901. The molecule has 9 nitrogen and oxygen atoms in total. The minimum absolute atomic E-state index is 0.200. The maximum Gasteiger partial charge on any atom is 0.232 e. The number of hydrogen-bond donors (Lipinski definition) is 1. The standard InChI is InChI=1S/C37H49N7O2/c1-2-37(45-30-16-8-4-9-17-30,46-31-18-10-5-11-19-31)36-38-34(44(41-36)29-14-6-3-7-15-29)26-27-22-24-28(25-23-27)32-20-12-13-21-33(32)35-39-42-43-40-35/h12-13,20-25,29-31H,2-11,14-19,26H2,1H3,(H,39,40,42,43). The molecule has 3 aliphatic carbocycles. The predicted molar refractivity (Wildman–Crippen MR) is 178 cm³/mol. The molecule has 9 heteroatoms. The van der Waals surface area contributed by atoms with Gasteiger partial charge >= 0.3 is 0 Å². The normalized spacial score (nSPS) is 19.1. The Morgan fingerprint density at radius 1 is 0.761 bits per heavy atom. The van der Waals surface area contributed by atoms with Crippen molar-refractivity contribution in [2.24, 2.45) is 0 Å². The fourth-order valence-corrected chi connectivity index (χ4v) is 7.82. The van der Waals surface area contributed by atoms with Crippen molar-refractivity contribution in [2.45, 2.75) is 140 Å². The van der Waals surface area contributed by atoms with E-state index in [1.54, 1.807) is 0 Å². The molecule has 3 fully saturated rings. The fourth-order valence-electron chi connectivity index (χ4n) is 7.82. The molecular weight excluding hydrogens is 574 g/mol. The summed E-state index contributed by atoms with van der Waals surface area (Å²) in [5.74, 6) is 1.51. The van der Waals surface area contributed by atoms with E-state index in [-0.39, 0.29) is 12.2 Å². The third kappa shape index (κ3) is 6.95. The summed E-state index contributed by atoms with van der Waals surface area (Å²) in [5, 5.41) is 20.0. The summed E-state index contributed by atoms with van der Waals surface area (Å²) in [6.45, 7) is 2.19. The second-order valence-corrected chi connectivity index (χ2v) is 13.6. The molecule has 0 atom stereocenters. The Morgan fingerprint density at radius 2 is 1.37 bits per heavy atom. The van der Waals surface area contributed by atoms with Crippen LogP contribution in [0, 0.1) is 0 Å². The third-order valence-electron chi connectivity index (χ3n) is 10.4. The number of rotatable bonds is 11. The van der Waals surface area contributed by atoms with E-state index in [1.165, 1.54) is 63.4 Å². The largest absolute Gasteiger partial charge is 0.340 e. The molecule has 0 saturated heterocycles. The number of aromatic nitrogens is 7. The van der Waals surface area contributed by atoms with Gasteiger partial charge in [0.05, 0.1) is 18.2 Å². The Labute approximate surface area is 272 Å². The molecule has 2 aromatic heterocycles. The monoisotopic (exact) mass is 623 g/mol. The average Bonchev–Trinajstić information content (AvgIpc) is 3.81. The van der Waals surface area contributed by atoms with Crippen molar-refractivity contribution in [3.8, 4) is 22.5 Å². The first-order valence-corrected chi connectivity index (χ1v) is 17.9. The van der Waals surface area contributed by atoms with E-state index in [4.69, 9.17) is 19.6 Å². The van der Waals surface area contributed by atoms with Gasteiger partial charge in [-0.3, -0.25) is 0 Å². The lowest BCUT2D eigenvalue weighted by Crippen LogP contribution is -2.42. The average molecular weight is 624 g/mol. The van der Waals surface area contributed by atoms with Crippen LogP contribution in [0.2, 0.25) is 0 Å². The van der Waals surface area contributed by atoms with Gasteiger partial charge in [0.1, 0.15) is 5.82 Å². The molecule has 0 radical (unpaired) electrons. The molecule has 0 amide bonds. The molecule has 3 saturated carbocycles. The molecule has 0 spiro atoms. The van der Waals surface area contributed by atoms with Gasteiger partial charge in [0.25, 0.3) is 0 Å². The van der Waals surface area contributed by atoms with Crippen LogP contribution in [-0.2, 0) is 21.7 Å². The molecule has 46 heavy (non-hydrogen) atoms. The Bertz CT molecular complexity index is 1500.